The summed E-state index contributed by atoms with van der Waals surface area (Å²) < 4.78 is 11.3. The van der Waals surface area contributed by atoms with E-state index in [2.05, 4.69) is 24.3 Å². The molecule has 1 aliphatic heterocycles. The van der Waals surface area contributed by atoms with Crippen molar-refractivity contribution >= 4 is 12.1 Å². The topological polar surface area (TPSA) is 76.1 Å². The molecule has 0 radical (unpaired) electrons. The molecule has 2 aromatic carbocycles. The third-order valence-corrected chi connectivity index (χ3v) is 6.38. The SMILES string of the molecule is CCCN(C(=O)OCC1c2ccccc2-c2ccccc21)C1(C(=O)O)CCOC1C. The van der Waals surface area contributed by atoms with Gasteiger partial charge < -0.3 is 14.6 Å². The van der Waals surface area contributed by atoms with E-state index < -0.39 is 23.7 Å². The lowest BCUT2D eigenvalue weighted by Crippen LogP contribution is -2.61. The van der Waals surface area contributed by atoms with E-state index in [4.69, 9.17) is 9.47 Å². The second-order valence-electron chi connectivity index (χ2n) is 7.95. The van der Waals surface area contributed by atoms with Gasteiger partial charge in [-0.2, -0.15) is 0 Å². The lowest BCUT2D eigenvalue weighted by atomic mass is 9.90. The Morgan fingerprint density at radius 3 is 2.23 bits per heavy atom. The van der Waals surface area contributed by atoms with Gasteiger partial charge in [-0.25, -0.2) is 9.59 Å². The van der Waals surface area contributed by atoms with Crippen LogP contribution in [0.5, 0.6) is 0 Å². The van der Waals surface area contributed by atoms with E-state index in [1.807, 2.05) is 31.2 Å². The van der Waals surface area contributed by atoms with Crippen molar-refractivity contribution in [1.82, 2.24) is 4.90 Å². The van der Waals surface area contributed by atoms with E-state index in [0.717, 1.165) is 22.3 Å². The molecule has 1 aliphatic carbocycles. The molecule has 1 fully saturated rings. The fourth-order valence-electron chi connectivity index (χ4n) is 4.83. The van der Waals surface area contributed by atoms with Crippen LogP contribution in [-0.2, 0) is 14.3 Å². The number of fused-ring (bicyclic) bond motifs is 3. The van der Waals surface area contributed by atoms with Gasteiger partial charge in [-0.3, -0.25) is 4.90 Å². The second kappa shape index (κ2) is 8.11. The number of ether oxygens (including phenoxy) is 2. The number of hydrogen-bond donors (Lipinski definition) is 1. The number of carboxylic acid groups (broad SMARTS) is 1. The number of rotatable bonds is 6. The molecule has 0 spiro atoms. The third kappa shape index (κ3) is 3.16. The summed E-state index contributed by atoms with van der Waals surface area (Å²) >= 11 is 0. The van der Waals surface area contributed by atoms with Crippen LogP contribution in [0.2, 0.25) is 0 Å². The Kier molecular flexibility index (Phi) is 5.52. The van der Waals surface area contributed by atoms with E-state index in [1.165, 1.54) is 4.90 Å². The summed E-state index contributed by atoms with van der Waals surface area (Å²) in [5.74, 6) is -1.11. The maximum absolute atomic E-state index is 13.1. The number of nitrogens with zero attached hydrogens (tertiary/aromatic N) is 1. The van der Waals surface area contributed by atoms with Gasteiger partial charge in [0.05, 0.1) is 12.7 Å². The van der Waals surface area contributed by atoms with Gasteiger partial charge in [0.2, 0.25) is 0 Å². The number of benzene rings is 2. The van der Waals surface area contributed by atoms with Crippen LogP contribution >= 0.6 is 0 Å². The average Bonchev–Trinajstić information content (AvgIpc) is 3.29. The number of carbonyl (C=O) groups is 2. The standard InChI is InChI=1S/C24H27NO5/c1-3-13-25(24(22(26)27)12-14-29-16(24)2)23(28)30-15-21-19-10-6-4-8-17(19)18-9-5-7-11-20(18)21/h4-11,16,21H,3,12-15H2,1-2H3,(H,26,27). The van der Waals surface area contributed by atoms with E-state index in [-0.39, 0.29) is 18.9 Å². The Bertz CT molecular complexity index is 913. The Morgan fingerprint density at radius 1 is 1.13 bits per heavy atom. The number of amides is 1. The minimum Gasteiger partial charge on any atom is -0.479 e. The third-order valence-electron chi connectivity index (χ3n) is 6.38. The highest BCUT2D eigenvalue weighted by Gasteiger charge is 2.55. The predicted octanol–water partition coefficient (Wildman–Crippen LogP) is 4.28. The summed E-state index contributed by atoms with van der Waals surface area (Å²) in [6, 6.07) is 16.3. The first-order valence-corrected chi connectivity index (χ1v) is 10.5. The maximum Gasteiger partial charge on any atom is 0.410 e. The molecule has 1 saturated heterocycles. The number of carboxylic acids is 1. The first-order valence-electron chi connectivity index (χ1n) is 10.5. The van der Waals surface area contributed by atoms with Crippen LogP contribution < -0.4 is 0 Å². The lowest BCUT2D eigenvalue weighted by Gasteiger charge is -2.38. The van der Waals surface area contributed by atoms with E-state index in [0.29, 0.717) is 19.6 Å². The van der Waals surface area contributed by atoms with Gasteiger partial charge in [-0.1, -0.05) is 55.5 Å². The first kappa shape index (κ1) is 20.4. The van der Waals surface area contributed by atoms with E-state index in [1.54, 1.807) is 6.92 Å². The van der Waals surface area contributed by atoms with Crippen LogP contribution in [0.25, 0.3) is 11.1 Å². The monoisotopic (exact) mass is 409 g/mol. The Hall–Kier alpha value is -2.86. The molecule has 2 aliphatic rings. The average molecular weight is 409 g/mol. The molecular weight excluding hydrogens is 382 g/mol. The van der Waals surface area contributed by atoms with Crippen molar-refractivity contribution in [1.29, 1.82) is 0 Å². The largest absolute Gasteiger partial charge is 0.479 e. The van der Waals surface area contributed by atoms with Gasteiger partial charge in [0.15, 0.2) is 5.54 Å². The Morgan fingerprint density at radius 2 is 1.73 bits per heavy atom. The highest BCUT2D eigenvalue weighted by molar-refractivity contribution is 5.86. The molecule has 6 heteroatoms. The van der Waals surface area contributed by atoms with Crippen molar-refractivity contribution in [2.75, 3.05) is 19.8 Å². The van der Waals surface area contributed by atoms with Crippen LogP contribution in [0.3, 0.4) is 0 Å². The minimum atomic E-state index is -1.39. The number of aliphatic carboxylic acids is 1. The van der Waals surface area contributed by atoms with Crippen molar-refractivity contribution in [3.63, 3.8) is 0 Å². The quantitative estimate of drug-likeness (QED) is 0.771. The summed E-state index contributed by atoms with van der Waals surface area (Å²) in [4.78, 5) is 26.7. The molecule has 1 amide bonds. The van der Waals surface area contributed by atoms with Gasteiger partial charge in [0, 0.05) is 18.9 Å². The summed E-state index contributed by atoms with van der Waals surface area (Å²) in [5, 5.41) is 9.99. The van der Waals surface area contributed by atoms with Gasteiger partial charge >= 0.3 is 12.1 Å². The van der Waals surface area contributed by atoms with Crippen molar-refractivity contribution < 1.29 is 24.2 Å². The maximum atomic E-state index is 13.1. The molecule has 0 saturated carbocycles. The number of hydrogen-bond acceptors (Lipinski definition) is 4. The second-order valence-corrected chi connectivity index (χ2v) is 7.95. The molecule has 2 unspecified atom stereocenters. The van der Waals surface area contributed by atoms with Crippen LogP contribution in [-0.4, -0.2) is 53.5 Å². The highest BCUT2D eigenvalue weighted by atomic mass is 16.6. The number of carbonyl (C=O) groups excluding carboxylic acids is 1. The summed E-state index contributed by atoms with van der Waals surface area (Å²) in [6.45, 7) is 4.40. The molecule has 6 nitrogen and oxygen atoms in total. The zero-order valence-corrected chi connectivity index (χ0v) is 17.3. The molecular formula is C24H27NO5. The fourth-order valence-corrected chi connectivity index (χ4v) is 4.83. The highest BCUT2D eigenvalue weighted by Crippen LogP contribution is 2.44. The van der Waals surface area contributed by atoms with Crippen molar-refractivity contribution in [3.8, 4) is 11.1 Å². The summed E-state index contributed by atoms with van der Waals surface area (Å²) in [5.41, 5.74) is 3.16. The molecule has 0 bridgehead atoms. The normalized spacial score (nSPS) is 22.4. The van der Waals surface area contributed by atoms with Crippen LogP contribution in [0.1, 0.15) is 43.7 Å². The van der Waals surface area contributed by atoms with Crippen LogP contribution in [0.4, 0.5) is 4.79 Å². The zero-order valence-electron chi connectivity index (χ0n) is 17.3. The minimum absolute atomic E-state index is 0.0668. The Balaban J connectivity index is 1.58. The molecule has 4 rings (SSSR count). The molecule has 158 valence electrons. The van der Waals surface area contributed by atoms with E-state index in [9.17, 15) is 14.7 Å². The first-order chi connectivity index (χ1) is 14.5. The summed E-state index contributed by atoms with van der Waals surface area (Å²) in [6.07, 6.45) is -0.305. The molecule has 1 N–H and O–H groups in total. The molecule has 0 aromatic heterocycles. The molecule has 1 heterocycles. The smallest absolute Gasteiger partial charge is 0.410 e. The van der Waals surface area contributed by atoms with Gasteiger partial charge in [-0.15, -0.1) is 0 Å². The molecule has 2 atom stereocenters. The van der Waals surface area contributed by atoms with Crippen molar-refractivity contribution in [3.05, 3.63) is 59.7 Å². The van der Waals surface area contributed by atoms with Gasteiger partial charge in [0.1, 0.15) is 6.61 Å². The van der Waals surface area contributed by atoms with Crippen LogP contribution in [0.15, 0.2) is 48.5 Å². The lowest BCUT2D eigenvalue weighted by molar-refractivity contribution is -0.154. The van der Waals surface area contributed by atoms with Gasteiger partial charge in [0.25, 0.3) is 0 Å². The van der Waals surface area contributed by atoms with Crippen molar-refractivity contribution in [2.24, 2.45) is 0 Å². The van der Waals surface area contributed by atoms with Gasteiger partial charge in [-0.05, 0) is 35.6 Å². The van der Waals surface area contributed by atoms with E-state index >= 15 is 0 Å². The molecule has 2 aromatic rings. The Labute approximate surface area is 176 Å². The zero-order chi connectivity index (χ0) is 21.3. The van der Waals surface area contributed by atoms with Crippen molar-refractivity contribution in [2.45, 2.75) is 44.2 Å². The fraction of sp³-hybridized carbons (Fsp3) is 0.417. The summed E-state index contributed by atoms with van der Waals surface area (Å²) in [7, 11) is 0. The predicted molar refractivity (Wildman–Crippen MR) is 112 cm³/mol. The molecule has 30 heavy (non-hydrogen) atoms. The van der Waals surface area contributed by atoms with Crippen LogP contribution in [0, 0.1) is 0 Å².